The van der Waals surface area contributed by atoms with Gasteiger partial charge in [-0.05, 0) is 43.9 Å². The first-order chi connectivity index (χ1) is 12.1. The summed E-state index contributed by atoms with van der Waals surface area (Å²) in [6.07, 6.45) is 1.61. The van der Waals surface area contributed by atoms with E-state index in [1.165, 1.54) is 12.8 Å². The average Bonchev–Trinajstić information content (AvgIpc) is 2.65. The van der Waals surface area contributed by atoms with Crippen LogP contribution in [0.2, 0.25) is 0 Å². The van der Waals surface area contributed by atoms with Crippen molar-refractivity contribution in [3.05, 3.63) is 23.8 Å². The van der Waals surface area contributed by atoms with Crippen LogP contribution in [0.3, 0.4) is 0 Å². The first-order valence-corrected chi connectivity index (χ1v) is 9.02. The minimum absolute atomic E-state index is 0. The Morgan fingerprint density at radius 3 is 2.58 bits per heavy atom. The summed E-state index contributed by atoms with van der Waals surface area (Å²) in [6.45, 7) is 7.45. The number of methoxy groups -OCH3 is 2. The van der Waals surface area contributed by atoms with Gasteiger partial charge in [0.25, 0.3) is 0 Å². The predicted molar refractivity (Wildman–Crippen MR) is 116 cm³/mol. The highest BCUT2D eigenvalue weighted by atomic mass is 127. The molecule has 2 rings (SSSR count). The minimum Gasteiger partial charge on any atom is -0.497 e. The number of ether oxygens (including phenoxy) is 2. The molecule has 1 aliphatic rings. The van der Waals surface area contributed by atoms with Crippen LogP contribution in [0.15, 0.2) is 23.2 Å². The van der Waals surface area contributed by atoms with Gasteiger partial charge < -0.3 is 24.8 Å². The number of nitrogens with one attached hydrogen (secondary N) is 1. The Morgan fingerprint density at radius 1 is 1.31 bits per heavy atom. The van der Waals surface area contributed by atoms with E-state index in [1.54, 1.807) is 26.4 Å². The van der Waals surface area contributed by atoms with Gasteiger partial charge in [-0.1, -0.05) is 6.92 Å². The van der Waals surface area contributed by atoms with Crippen LogP contribution < -0.4 is 14.8 Å². The topological polar surface area (TPSA) is 66.3 Å². The molecular weight excluding hydrogens is 445 g/mol. The van der Waals surface area contributed by atoms with Crippen LogP contribution in [-0.4, -0.2) is 56.4 Å². The second kappa shape index (κ2) is 11.5. The molecule has 1 aliphatic heterocycles. The van der Waals surface area contributed by atoms with Crippen molar-refractivity contribution in [3.63, 3.8) is 0 Å². The second-order valence-electron chi connectivity index (χ2n) is 6.49. The third kappa shape index (κ3) is 6.19. The fraction of sp³-hybridized carbons (Fsp3) is 0.632. The van der Waals surface area contributed by atoms with Crippen molar-refractivity contribution < 1.29 is 14.6 Å². The van der Waals surface area contributed by atoms with Gasteiger partial charge in [0.15, 0.2) is 5.96 Å². The molecule has 0 spiro atoms. The summed E-state index contributed by atoms with van der Waals surface area (Å²) in [4.78, 5) is 6.93. The van der Waals surface area contributed by atoms with Crippen molar-refractivity contribution in [2.24, 2.45) is 10.9 Å². The van der Waals surface area contributed by atoms with Crippen LogP contribution >= 0.6 is 24.0 Å². The number of benzene rings is 1. The molecule has 1 aromatic rings. The fourth-order valence-electron chi connectivity index (χ4n) is 3.02. The van der Waals surface area contributed by atoms with Gasteiger partial charge in [0.05, 0.1) is 20.8 Å². The summed E-state index contributed by atoms with van der Waals surface area (Å²) >= 11 is 0. The third-order valence-corrected chi connectivity index (χ3v) is 4.63. The van der Waals surface area contributed by atoms with E-state index >= 15 is 0 Å². The molecule has 0 bridgehead atoms. The smallest absolute Gasteiger partial charge is 0.194 e. The zero-order valence-corrected chi connectivity index (χ0v) is 18.5. The highest BCUT2D eigenvalue weighted by molar-refractivity contribution is 14.0. The SMILES string of the molecule is CCNC(=NCC(O)c1cc(OC)ccc1OC)N1CCC(C)CC1.I. The van der Waals surface area contributed by atoms with Gasteiger partial charge in [0.2, 0.25) is 0 Å². The fourth-order valence-corrected chi connectivity index (χ4v) is 3.02. The van der Waals surface area contributed by atoms with Crippen LogP contribution in [0.5, 0.6) is 11.5 Å². The van der Waals surface area contributed by atoms with Gasteiger partial charge >= 0.3 is 0 Å². The lowest BCUT2D eigenvalue weighted by Gasteiger charge is -2.33. The lowest BCUT2D eigenvalue weighted by molar-refractivity contribution is 0.181. The molecule has 7 heteroatoms. The molecule has 1 atom stereocenters. The van der Waals surface area contributed by atoms with Gasteiger partial charge in [0, 0.05) is 25.2 Å². The Kier molecular flexibility index (Phi) is 10.1. The van der Waals surface area contributed by atoms with Crippen LogP contribution in [0.1, 0.15) is 38.4 Å². The van der Waals surface area contributed by atoms with Gasteiger partial charge in [-0.3, -0.25) is 4.99 Å². The van der Waals surface area contributed by atoms with E-state index in [4.69, 9.17) is 9.47 Å². The van der Waals surface area contributed by atoms with Crippen molar-refractivity contribution in [1.82, 2.24) is 10.2 Å². The van der Waals surface area contributed by atoms with Crippen LogP contribution in [0.25, 0.3) is 0 Å². The number of hydrogen-bond donors (Lipinski definition) is 2. The number of aliphatic hydroxyl groups is 1. The quantitative estimate of drug-likeness (QED) is 0.375. The molecule has 0 saturated carbocycles. The van der Waals surface area contributed by atoms with Crippen LogP contribution in [-0.2, 0) is 0 Å². The molecule has 1 saturated heterocycles. The highest BCUT2D eigenvalue weighted by Crippen LogP contribution is 2.29. The molecule has 0 radical (unpaired) electrons. The van der Waals surface area contributed by atoms with Crippen LogP contribution in [0.4, 0.5) is 0 Å². The number of hydrogen-bond acceptors (Lipinski definition) is 4. The molecule has 6 nitrogen and oxygen atoms in total. The molecule has 0 aromatic heterocycles. The summed E-state index contributed by atoms with van der Waals surface area (Å²) in [7, 11) is 3.21. The zero-order valence-electron chi connectivity index (χ0n) is 16.2. The standard InChI is InChI=1S/C19H31N3O3.HI/c1-5-20-19(22-10-8-14(2)9-11-22)21-13-17(23)16-12-15(24-3)6-7-18(16)25-4;/h6-7,12,14,17,23H,5,8-11,13H2,1-4H3,(H,20,21);1H. The molecule has 2 N–H and O–H groups in total. The summed E-state index contributed by atoms with van der Waals surface area (Å²) < 4.78 is 10.6. The second-order valence-corrected chi connectivity index (χ2v) is 6.49. The maximum Gasteiger partial charge on any atom is 0.194 e. The number of likely N-dealkylation sites (tertiary alicyclic amines) is 1. The lowest BCUT2D eigenvalue weighted by atomic mass is 9.99. The normalized spacial score (nSPS) is 16.7. The van der Waals surface area contributed by atoms with E-state index in [9.17, 15) is 5.11 Å². The number of nitrogens with zero attached hydrogens (tertiary/aromatic N) is 2. The van der Waals surface area contributed by atoms with Crippen LogP contribution in [0, 0.1) is 5.92 Å². The van der Waals surface area contributed by atoms with Crippen molar-refractivity contribution in [2.75, 3.05) is 40.4 Å². The molecule has 26 heavy (non-hydrogen) atoms. The molecule has 1 unspecified atom stereocenters. The van der Waals surface area contributed by atoms with E-state index < -0.39 is 6.10 Å². The first kappa shape index (κ1) is 22.8. The number of aliphatic hydroxyl groups excluding tert-OH is 1. The first-order valence-electron chi connectivity index (χ1n) is 9.02. The molecular formula is C19H32IN3O3. The van der Waals surface area contributed by atoms with E-state index in [2.05, 4.69) is 29.1 Å². The summed E-state index contributed by atoms with van der Waals surface area (Å²) in [6, 6.07) is 5.42. The van der Waals surface area contributed by atoms with E-state index in [0.29, 0.717) is 17.1 Å². The van der Waals surface area contributed by atoms with Gasteiger partial charge in [-0.15, -0.1) is 24.0 Å². The van der Waals surface area contributed by atoms with E-state index in [-0.39, 0.29) is 30.5 Å². The minimum atomic E-state index is -0.748. The lowest BCUT2D eigenvalue weighted by Crippen LogP contribution is -2.45. The number of guanidine groups is 1. The Bertz CT molecular complexity index is 575. The molecule has 1 heterocycles. The number of rotatable bonds is 6. The summed E-state index contributed by atoms with van der Waals surface area (Å²) in [5.74, 6) is 2.97. The molecule has 0 aliphatic carbocycles. The average molecular weight is 477 g/mol. The highest BCUT2D eigenvalue weighted by Gasteiger charge is 2.20. The van der Waals surface area contributed by atoms with Gasteiger partial charge in [-0.2, -0.15) is 0 Å². The van der Waals surface area contributed by atoms with Crippen molar-refractivity contribution in [2.45, 2.75) is 32.8 Å². The Morgan fingerprint density at radius 2 is 2.00 bits per heavy atom. The van der Waals surface area contributed by atoms with Crippen molar-refractivity contribution in [3.8, 4) is 11.5 Å². The molecule has 1 fully saturated rings. The molecule has 148 valence electrons. The predicted octanol–water partition coefficient (Wildman–Crippen LogP) is 3.05. The zero-order chi connectivity index (χ0) is 18.2. The number of halogens is 1. The van der Waals surface area contributed by atoms with Crippen molar-refractivity contribution >= 4 is 29.9 Å². The molecule has 1 aromatic carbocycles. The maximum absolute atomic E-state index is 10.6. The Hall–Kier alpha value is -1.22. The summed E-state index contributed by atoms with van der Waals surface area (Å²) in [5.41, 5.74) is 0.689. The number of aliphatic imine (C=N–C) groups is 1. The monoisotopic (exact) mass is 477 g/mol. The largest absolute Gasteiger partial charge is 0.497 e. The van der Waals surface area contributed by atoms with E-state index in [0.717, 1.165) is 31.5 Å². The third-order valence-electron chi connectivity index (χ3n) is 4.63. The van der Waals surface area contributed by atoms with Gasteiger partial charge in [0.1, 0.15) is 17.6 Å². The van der Waals surface area contributed by atoms with Gasteiger partial charge in [-0.25, -0.2) is 0 Å². The van der Waals surface area contributed by atoms with E-state index in [1.807, 2.05) is 6.07 Å². The molecule has 0 amide bonds. The summed E-state index contributed by atoms with van der Waals surface area (Å²) in [5, 5.41) is 14.0. The Labute approximate surface area is 174 Å². The number of piperidine rings is 1. The maximum atomic E-state index is 10.6. The van der Waals surface area contributed by atoms with Crippen molar-refractivity contribution in [1.29, 1.82) is 0 Å². The Balaban J connectivity index is 0.00000338.